The predicted octanol–water partition coefficient (Wildman–Crippen LogP) is 1.35. The molecular formula is C20H41N5. The zero-order valence-corrected chi connectivity index (χ0v) is 16.4. The minimum atomic E-state index is 0.525. The highest BCUT2D eigenvalue weighted by molar-refractivity contribution is 4.91. The van der Waals surface area contributed by atoms with Crippen molar-refractivity contribution < 1.29 is 0 Å². The van der Waals surface area contributed by atoms with Gasteiger partial charge in [-0.1, -0.05) is 25.7 Å². The van der Waals surface area contributed by atoms with Crippen LogP contribution in [0.15, 0.2) is 0 Å². The normalized spacial score (nSPS) is 42.5. The molecule has 0 radical (unpaired) electrons. The Morgan fingerprint density at radius 1 is 0.520 bits per heavy atom. The van der Waals surface area contributed by atoms with Crippen LogP contribution in [0, 0.1) is 0 Å². The molecule has 1 heterocycles. The average molecular weight is 352 g/mol. The van der Waals surface area contributed by atoms with E-state index in [1.54, 1.807) is 0 Å². The third-order valence-corrected chi connectivity index (χ3v) is 6.43. The SMILES string of the molecule is C[C@@H]1CNC2CCCCC2NCCNC2CCCCC2N[C@H](C)CN1. The zero-order chi connectivity index (χ0) is 17.5. The van der Waals surface area contributed by atoms with Gasteiger partial charge in [0.15, 0.2) is 0 Å². The molecule has 5 heteroatoms. The quantitative estimate of drug-likeness (QED) is 0.456. The molecule has 1 saturated heterocycles. The maximum Gasteiger partial charge on any atom is 0.0224 e. The molecule has 0 aromatic carbocycles. The summed E-state index contributed by atoms with van der Waals surface area (Å²) in [6, 6.07) is 3.61. The van der Waals surface area contributed by atoms with Gasteiger partial charge in [0.2, 0.25) is 0 Å². The first kappa shape index (κ1) is 19.6. The first-order valence-corrected chi connectivity index (χ1v) is 10.9. The molecule has 0 bridgehead atoms. The van der Waals surface area contributed by atoms with Gasteiger partial charge in [-0.3, -0.25) is 0 Å². The van der Waals surface area contributed by atoms with E-state index in [0.29, 0.717) is 36.3 Å². The average Bonchev–Trinajstić information content (AvgIpc) is 2.63. The van der Waals surface area contributed by atoms with Crippen molar-refractivity contribution in [2.75, 3.05) is 26.2 Å². The Morgan fingerprint density at radius 2 is 1.00 bits per heavy atom. The highest BCUT2D eigenvalue weighted by atomic mass is 15.1. The van der Waals surface area contributed by atoms with E-state index in [1.165, 1.54) is 51.4 Å². The van der Waals surface area contributed by atoms with Crippen LogP contribution in [0.4, 0.5) is 0 Å². The molecular weight excluding hydrogens is 310 g/mol. The lowest BCUT2D eigenvalue weighted by Crippen LogP contribution is -2.55. The maximum atomic E-state index is 3.89. The maximum absolute atomic E-state index is 3.89. The Morgan fingerprint density at radius 3 is 1.64 bits per heavy atom. The van der Waals surface area contributed by atoms with E-state index < -0.39 is 0 Å². The fourth-order valence-corrected chi connectivity index (χ4v) is 4.91. The molecule has 5 nitrogen and oxygen atoms in total. The van der Waals surface area contributed by atoms with Crippen molar-refractivity contribution in [2.45, 2.75) is 101 Å². The van der Waals surface area contributed by atoms with E-state index in [0.717, 1.165) is 26.2 Å². The third kappa shape index (κ3) is 6.17. The first-order valence-electron chi connectivity index (χ1n) is 10.9. The molecule has 2 saturated carbocycles. The monoisotopic (exact) mass is 351 g/mol. The molecule has 0 aromatic rings. The van der Waals surface area contributed by atoms with Crippen LogP contribution < -0.4 is 26.6 Å². The van der Waals surface area contributed by atoms with Crippen molar-refractivity contribution in [1.82, 2.24) is 26.6 Å². The van der Waals surface area contributed by atoms with E-state index in [-0.39, 0.29) is 0 Å². The zero-order valence-electron chi connectivity index (χ0n) is 16.4. The van der Waals surface area contributed by atoms with Crippen molar-refractivity contribution in [1.29, 1.82) is 0 Å². The summed E-state index contributed by atoms with van der Waals surface area (Å²) in [5.41, 5.74) is 0. The van der Waals surface area contributed by atoms with Gasteiger partial charge in [-0.2, -0.15) is 0 Å². The van der Waals surface area contributed by atoms with E-state index in [2.05, 4.69) is 40.4 Å². The number of hydrogen-bond acceptors (Lipinski definition) is 5. The van der Waals surface area contributed by atoms with Crippen LogP contribution in [0.3, 0.4) is 0 Å². The lowest BCUT2D eigenvalue weighted by Gasteiger charge is -2.35. The molecule has 0 aromatic heterocycles. The summed E-state index contributed by atoms with van der Waals surface area (Å²) in [6.07, 6.45) is 10.8. The van der Waals surface area contributed by atoms with Crippen molar-refractivity contribution in [3.8, 4) is 0 Å². The number of hydrogen-bond donors (Lipinski definition) is 5. The van der Waals surface area contributed by atoms with E-state index in [1.807, 2.05) is 0 Å². The van der Waals surface area contributed by atoms with Crippen LogP contribution >= 0.6 is 0 Å². The highest BCUT2D eigenvalue weighted by Gasteiger charge is 2.27. The van der Waals surface area contributed by atoms with Gasteiger partial charge < -0.3 is 26.6 Å². The summed E-state index contributed by atoms with van der Waals surface area (Å²) in [7, 11) is 0. The smallest absolute Gasteiger partial charge is 0.0224 e. The van der Waals surface area contributed by atoms with Crippen molar-refractivity contribution in [3.63, 3.8) is 0 Å². The second-order valence-corrected chi connectivity index (χ2v) is 8.69. The van der Waals surface area contributed by atoms with Gasteiger partial charge in [0.05, 0.1) is 0 Å². The Balaban J connectivity index is 1.59. The molecule has 3 aliphatic rings. The van der Waals surface area contributed by atoms with Gasteiger partial charge in [0, 0.05) is 62.4 Å². The third-order valence-electron chi connectivity index (χ3n) is 6.43. The summed E-state index contributed by atoms with van der Waals surface area (Å²) in [6.45, 7) is 8.95. The standard InChI is InChI=1S/C20H41N5/c1-15-13-24-18-8-4-3-7-17(18)21-11-12-22-19-9-5-6-10-20(19)25-16(2)14-23-15/h15-25H,3-14H2,1-2H3/t15-,16-,17?,18?,19?,20?/m1/s1. The first-order chi connectivity index (χ1) is 12.2. The number of nitrogens with one attached hydrogen (secondary N) is 5. The van der Waals surface area contributed by atoms with E-state index in [4.69, 9.17) is 0 Å². The van der Waals surface area contributed by atoms with Gasteiger partial charge in [-0.05, 0) is 39.5 Å². The van der Waals surface area contributed by atoms with Crippen LogP contribution in [0.25, 0.3) is 0 Å². The minimum Gasteiger partial charge on any atom is -0.311 e. The molecule has 0 spiro atoms. The minimum absolute atomic E-state index is 0.525. The van der Waals surface area contributed by atoms with Gasteiger partial charge in [-0.15, -0.1) is 0 Å². The molecule has 3 fully saturated rings. The largest absolute Gasteiger partial charge is 0.311 e. The second-order valence-electron chi connectivity index (χ2n) is 8.69. The van der Waals surface area contributed by atoms with Gasteiger partial charge in [0.25, 0.3) is 0 Å². The molecule has 4 unspecified atom stereocenters. The van der Waals surface area contributed by atoms with Crippen LogP contribution in [0.2, 0.25) is 0 Å². The topological polar surface area (TPSA) is 60.1 Å². The van der Waals surface area contributed by atoms with E-state index in [9.17, 15) is 0 Å². The summed E-state index contributed by atoms with van der Waals surface area (Å²) in [5.74, 6) is 0. The van der Waals surface area contributed by atoms with Gasteiger partial charge in [-0.25, -0.2) is 0 Å². The number of fused-ring (bicyclic) bond motifs is 2. The van der Waals surface area contributed by atoms with Crippen LogP contribution in [0.5, 0.6) is 0 Å². The van der Waals surface area contributed by atoms with Crippen molar-refractivity contribution in [3.05, 3.63) is 0 Å². The summed E-state index contributed by atoms with van der Waals surface area (Å²) < 4.78 is 0. The Bertz CT molecular complexity index is 377. The molecule has 146 valence electrons. The molecule has 1 aliphatic heterocycles. The molecule has 6 atom stereocenters. The lowest BCUT2D eigenvalue weighted by atomic mass is 9.89. The molecule has 2 aliphatic carbocycles. The van der Waals surface area contributed by atoms with Crippen LogP contribution in [-0.2, 0) is 0 Å². The molecule has 0 amide bonds. The fraction of sp³-hybridized carbons (Fsp3) is 1.00. The van der Waals surface area contributed by atoms with Crippen molar-refractivity contribution in [2.24, 2.45) is 0 Å². The van der Waals surface area contributed by atoms with Crippen LogP contribution in [-0.4, -0.2) is 62.4 Å². The van der Waals surface area contributed by atoms with Crippen molar-refractivity contribution >= 4 is 0 Å². The summed E-state index contributed by atoms with van der Waals surface area (Å²) >= 11 is 0. The van der Waals surface area contributed by atoms with Gasteiger partial charge >= 0.3 is 0 Å². The highest BCUT2D eigenvalue weighted by Crippen LogP contribution is 2.20. The molecule has 5 N–H and O–H groups in total. The predicted molar refractivity (Wildman–Crippen MR) is 106 cm³/mol. The Labute approximate surface area is 154 Å². The molecule has 25 heavy (non-hydrogen) atoms. The van der Waals surface area contributed by atoms with Crippen LogP contribution in [0.1, 0.15) is 65.2 Å². The second kappa shape index (κ2) is 10.2. The Kier molecular flexibility index (Phi) is 7.99. The summed E-state index contributed by atoms with van der Waals surface area (Å²) in [5, 5.41) is 19.2. The van der Waals surface area contributed by atoms with E-state index >= 15 is 0 Å². The molecule has 3 rings (SSSR count). The Hall–Kier alpha value is -0.200. The summed E-state index contributed by atoms with van der Waals surface area (Å²) in [4.78, 5) is 0. The fourth-order valence-electron chi connectivity index (χ4n) is 4.91. The number of rotatable bonds is 0. The van der Waals surface area contributed by atoms with Gasteiger partial charge in [0.1, 0.15) is 0 Å². The lowest BCUT2D eigenvalue weighted by molar-refractivity contribution is 0.260.